The molecule has 0 bridgehead atoms. The van der Waals surface area contributed by atoms with E-state index in [0.717, 1.165) is 18.4 Å². The molecule has 0 saturated heterocycles. The molecule has 0 heterocycles. The van der Waals surface area contributed by atoms with E-state index in [2.05, 4.69) is 0 Å². The van der Waals surface area contributed by atoms with E-state index in [4.69, 9.17) is 22.1 Å². The van der Waals surface area contributed by atoms with Crippen molar-refractivity contribution in [1.29, 1.82) is 0 Å². The van der Waals surface area contributed by atoms with E-state index in [1.807, 2.05) is 0 Å². The molecule has 2 atom stereocenters. The Labute approximate surface area is 107 Å². The molecule has 94 valence electrons. The van der Waals surface area contributed by atoms with Crippen molar-refractivity contribution in [2.45, 2.75) is 31.4 Å². The molecule has 17 heavy (non-hydrogen) atoms. The molecule has 2 rings (SSSR count). The number of ether oxygens (including phenoxy) is 1. The standard InChI is InChI=1S/C13H18ClNO2/c1-17-11-6-5-9(14)7-10(11)12(15)13(16)8-3-2-4-8/h5-8,12-13,16H,2-4,15H2,1H3/t12-,13+/m0/s1. The Morgan fingerprint density at radius 1 is 1.47 bits per heavy atom. The first kappa shape index (κ1) is 12.7. The van der Waals surface area contributed by atoms with Crippen LogP contribution < -0.4 is 10.5 Å². The van der Waals surface area contributed by atoms with Crippen LogP contribution >= 0.6 is 11.6 Å². The third-order valence-electron chi connectivity index (χ3n) is 3.55. The first-order chi connectivity index (χ1) is 8.13. The largest absolute Gasteiger partial charge is 0.496 e. The topological polar surface area (TPSA) is 55.5 Å². The van der Waals surface area contributed by atoms with Crippen molar-refractivity contribution >= 4 is 11.6 Å². The summed E-state index contributed by atoms with van der Waals surface area (Å²) in [6, 6.07) is 4.87. The van der Waals surface area contributed by atoms with Crippen molar-refractivity contribution in [2.24, 2.45) is 11.7 Å². The minimum Gasteiger partial charge on any atom is -0.496 e. The smallest absolute Gasteiger partial charge is 0.123 e. The van der Waals surface area contributed by atoms with Crippen molar-refractivity contribution in [2.75, 3.05) is 7.11 Å². The zero-order chi connectivity index (χ0) is 12.4. The number of nitrogens with two attached hydrogens (primary N) is 1. The second-order valence-electron chi connectivity index (χ2n) is 4.59. The number of aliphatic hydroxyl groups is 1. The van der Waals surface area contributed by atoms with Gasteiger partial charge in [-0.1, -0.05) is 18.0 Å². The summed E-state index contributed by atoms with van der Waals surface area (Å²) >= 11 is 5.96. The number of benzene rings is 1. The highest BCUT2D eigenvalue weighted by molar-refractivity contribution is 6.30. The van der Waals surface area contributed by atoms with Gasteiger partial charge in [-0.2, -0.15) is 0 Å². The summed E-state index contributed by atoms with van der Waals surface area (Å²) < 4.78 is 5.25. The monoisotopic (exact) mass is 255 g/mol. The van der Waals surface area contributed by atoms with Gasteiger partial charge in [-0.15, -0.1) is 0 Å². The van der Waals surface area contributed by atoms with Gasteiger partial charge in [0.25, 0.3) is 0 Å². The third-order valence-corrected chi connectivity index (χ3v) is 3.79. The highest BCUT2D eigenvalue weighted by Crippen LogP contribution is 2.37. The SMILES string of the molecule is COc1ccc(Cl)cc1[C@H](N)[C@H](O)C1CCC1. The van der Waals surface area contributed by atoms with Crippen LogP contribution in [0.3, 0.4) is 0 Å². The van der Waals surface area contributed by atoms with E-state index in [9.17, 15) is 5.11 Å². The zero-order valence-electron chi connectivity index (χ0n) is 9.90. The third kappa shape index (κ3) is 2.57. The molecule has 1 saturated carbocycles. The summed E-state index contributed by atoms with van der Waals surface area (Å²) in [5.41, 5.74) is 6.88. The lowest BCUT2D eigenvalue weighted by Crippen LogP contribution is -2.36. The molecule has 1 aliphatic carbocycles. The Kier molecular flexibility index (Phi) is 3.92. The van der Waals surface area contributed by atoms with Gasteiger partial charge in [-0.05, 0) is 37.0 Å². The molecule has 0 aliphatic heterocycles. The lowest BCUT2D eigenvalue weighted by Gasteiger charge is -2.34. The second kappa shape index (κ2) is 5.25. The van der Waals surface area contributed by atoms with E-state index in [1.165, 1.54) is 6.42 Å². The summed E-state index contributed by atoms with van der Waals surface area (Å²) in [7, 11) is 1.59. The zero-order valence-corrected chi connectivity index (χ0v) is 10.7. The lowest BCUT2D eigenvalue weighted by molar-refractivity contribution is 0.0407. The fourth-order valence-corrected chi connectivity index (χ4v) is 2.40. The van der Waals surface area contributed by atoms with Crippen molar-refractivity contribution in [3.8, 4) is 5.75 Å². The first-order valence-corrected chi connectivity index (χ1v) is 6.28. The molecule has 1 aromatic rings. The van der Waals surface area contributed by atoms with Gasteiger partial charge in [0.2, 0.25) is 0 Å². The molecule has 1 fully saturated rings. The summed E-state index contributed by atoms with van der Waals surface area (Å²) in [6.45, 7) is 0. The molecule has 3 nitrogen and oxygen atoms in total. The minimum absolute atomic E-state index is 0.314. The Bertz CT molecular complexity index is 393. The van der Waals surface area contributed by atoms with Crippen LogP contribution in [0.1, 0.15) is 30.9 Å². The van der Waals surface area contributed by atoms with Crippen LogP contribution in [0.15, 0.2) is 18.2 Å². The molecule has 1 aromatic carbocycles. The number of methoxy groups -OCH3 is 1. The molecule has 3 N–H and O–H groups in total. The quantitative estimate of drug-likeness (QED) is 0.869. The van der Waals surface area contributed by atoms with Crippen molar-refractivity contribution in [1.82, 2.24) is 0 Å². The summed E-state index contributed by atoms with van der Waals surface area (Å²) in [4.78, 5) is 0. The average Bonchev–Trinajstić information content (AvgIpc) is 2.25. The summed E-state index contributed by atoms with van der Waals surface area (Å²) in [5.74, 6) is 0.994. The molecule has 0 spiro atoms. The van der Waals surface area contributed by atoms with Crippen LogP contribution in [-0.4, -0.2) is 18.3 Å². The maximum Gasteiger partial charge on any atom is 0.123 e. The highest BCUT2D eigenvalue weighted by Gasteiger charge is 2.31. The van der Waals surface area contributed by atoms with Crippen LogP contribution in [0.2, 0.25) is 5.02 Å². The van der Waals surface area contributed by atoms with Crippen LogP contribution in [0, 0.1) is 5.92 Å². The predicted octanol–water partition coefficient (Wildman–Crippen LogP) is 2.51. The highest BCUT2D eigenvalue weighted by atomic mass is 35.5. The molecule has 0 aromatic heterocycles. The van der Waals surface area contributed by atoms with Crippen LogP contribution in [0.5, 0.6) is 5.75 Å². The van der Waals surface area contributed by atoms with Gasteiger partial charge in [0.1, 0.15) is 5.75 Å². The Hall–Kier alpha value is -0.770. The molecule has 0 unspecified atom stereocenters. The van der Waals surface area contributed by atoms with Gasteiger partial charge in [0.15, 0.2) is 0 Å². The molecule has 4 heteroatoms. The van der Waals surface area contributed by atoms with Gasteiger partial charge in [0, 0.05) is 10.6 Å². The van der Waals surface area contributed by atoms with Crippen molar-refractivity contribution in [3.63, 3.8) is 0 Å². The van der Waals surface area contributed by atoms with Gasteiger partial charge >= 0.3 is 0 Å². The van der Waals surface area contributed by atoms with Crippen LogP contribution in [0.4, 0.5) is 0 Å². The maximum absolute atomic E-state index is 10.2. The Morgan fingerprint density at radius 3 is 2.71 bits per heavy atom. The lowest BCUT2D eigenvalue weighted by atomic mass is 9.77. The molecule has 1 aliphatic rings. The Morgan fingerprint density at radius 2 is 2.18 bits per heavy atom. The van der Waals surface area contributed by atoms with Crippen LogP contribution in [0.25, 0.3) is 0 Å². The second-order valence-corrected chi connectivity index (χ2v) is 5.03. The van der Waals surface area contributed by atoms with Crippen molar-refractivity contribution in [3.05, 3.63) is 28.8 Å². The summed E-state index contributed by atoms with van der Waals surface area (Å²) in [5, 5.41) is 10.8. The van der Waals surface area contributed by atoms with Gasteiger partial charge in [0.05, 0.1) is 19.3 Å². The van der Waals surface area contributed by atoms with E-state index in [-0.39, 0.29) is 0 Å². The number of hydrogen-bond donors (Lipinski definition) is 2. The van der Waals surface area contributed by atoms with E-state index in [0.29, 0.717) is 16.7 Å². The average molecular weight is 256 g/mol. The van der Waals surface area contributed by atoms with E-state index >= 15 is 0 Å². The number of hydrogen-bond acceptors (Lipinski definition) is 3. The fraction of sp³-hybridized carbons (Fsp3) is 0.538. The van der Waals surface area contributed by atoms with E-state index in [1.54, 1.807) is 25.3 Å². The minimum atomic E-state index is -0.517. The van der Waals surface area contributed by atoms with Gasteiger partial charge in [-0.3, -0.25) is 0 Å². The normalized spacial score (nSPS) is 19.5. The maximum atomic E-state index is 10.2. The molecular weight excluding hydrogens is 238 g/mol. The number of halogens is 1. The molecule has 0 radical (unpaired) electrons. The number of aliphatic hydroxyl groups excluding tert-OH is 1. The first-order valence-electron chi connectivity index (χ1n) is 5.90. The van der Waals surface area contributed by atoms with E-state index < -0.39 is 12.1 Å². The van der Waals surface area contributed by atoms with Crippen LogP contribution in [-0.2, 0) is 0 Å². The molecule has 0 amide bonds. The fourth-order valence-electron chi connectivity index (χ4n) is 2.22. The Balaban J connectivity index is 2.21. The van der Waals surface area contributed by atoms with Crippen molar-refractivity contribution < 1.29 is 9.84 Å². The molecular formula is C13H18ClNO2. The van der Waals surface area contributed by atoms with Gasteiger partial charge in [-0.25, -0.2) is 0 Å². The number of rotatable bonds is 4. The van der Waals surface area contributed by atoms with Gasteiger partial charge < -0.3 is 15.6 Å². The predicted molar refractivity (Wildman–Crippen MR) is 68.3 cm³/mol. The summed E-state index contributed by atoms with van der Waals surface area (Å²) in [6.07, 6.45) is 2.77.